The maximum Gasteiger partial charge on any atom is 0.258 e. The Morgan fingerprint density at radius 3 is 2.46 bits per heavy atom. The second-order valence-corrected chi connectivity index (χ2v) is 8.22. The van der Waals surface area contributed by atoms with Crippen LogP contribution in [0.5, 0.6) is 5.75 Å². The number of nitrogens with one attached hydrogen (secondary N) is 2. The maximum absolute atomic E-state index is 13.0. The van der Waals surface area contributed by atoms with E-state index in [9.17, 15) is 17.6 Å². The predicted octanol–water partition coefficient (Wildman–Crippen LogP) is 3.08. The van der Waals surface area contributed by atoms with Crippen LogP contribution in [0.3, 0.4) is 0 Å². The number of carbonyl (C=O) groups is 1. The van der Waals surface area contributed by atoms with Crippen molar-refractivity contribution in [1.29, 1.82) is 0 Å². The van der Waals surface area contributed by atoms with Crippen LogP contribution in [-0.2, 0) is 14.8 Å². The van der Waals surface area contributed by atoms with Gasteiger partial charge in [-0.3, -0.25) is 4.79 Å². The summed E-state index contributed by atoms with van der Waals surface area (Å²) < 4.78 is 45.3. The molecule has 1 unspecified atom stereocenters. The molecule has 8 heteroatoms. The highest BCUT2D eigenvalue weighted by Crippen LogP contribution is 2.22. The number of sulfonamides is 1. The molecule has 2 rings (SSSR count). The second kappa shape index (κ2) is 9.66. The normalized spacial score (nSPS) is 12.4. The topological polar surface area (TPSA) is 84.5 Å². The lowest BCUT2D eigenvalue weighted by molar-refractivity contribution is -0.123. The van der Waals surface area contributed by atoms with Gasteiger partial charge in [-0.05, 0) is 61.7 Å². The van der Waals surface area contributed by atoms with Crippen LogP contribution in [0.4, 0.5) is 4.39 Å². The van der Waals surface area contributed by atoms with Crippen molar-refractivity contribution in [3.63, 3.8) is 0 Å². The van der Waals surface area contributed by atoms with E-state index in [1.807, 2.05) is 6.92 Å². The average Bonchev–Trinajstić information content (AvgIpc) is 2.65. The van der Waals surface area contributed by atoms with E-state index >= 15 is 0 Å². The zero-order chi connectivity index (χ0) is 20.7. The predicted molar refractivity (Wildman–Crippen MR) is 105 cm³/mol. The van der Waals surface area contributed by atoms with Crippen LogP contribution >= 0.6 is 0 Å². The zero-order valence-corrected chi connectivity index (χ0v) is 17.0. The first kappa shape index (κ1) is 21.8. The summed E-state index contributed by atoms with van der Waals surface area (Å²) in [6, 6.07) is 10.1. The number of ether oxygens (including phenoxy) is 1. The van der Waals surface area contributed by atoms with E-state index in [4.69, 9.17) is 4.74 Å². The molecular weight excluding hydrogens is 383 g/mol. The van der Waals surface area contributed by atoms with Crippen molar-refractivity contribution in [3.8, 4) is 5.75 Å². The van der Waals surface area contributed by atoms with Gasteiger partial charge in [-0.2, -0.15) is 0 Å². The number of hydrogen-bond acceptors (Lipinski definition) is 4. The van der Waals surface area contributed by atoms with Crippen molar-refractivity contribution in [2.45, 2.75) is 38.1 Å². The minimum absolute atomic E-state index is 0.153. The number of halogens is 1. The molecule has 0 radical (unpaired) electrons. The van der Waals surface area contributed by atoms with Gasteiger partial charge in [0.1, 0.15) is 11.6 Å². The number of rotatable bonds is 9. The molecule has 0 aromatic heterocycles. The van der Waals surface area contributed by atoms with E-state index in [0.717, 1.165) is 5.56 Å². The van der Waals surface area contributed by atoms with E-state index in [1.165, 1.54) is 30.3 Å². The fourth-order valence-electron chi connectivity index (χ4n) is 2.53. The Morgan fingerprint density at radius 2 is 1.86 bits per heavy atom. The summed E-state index contributed by atoms with van der Waals surface area (Å²) in [6.07, 6.45) is 0.699. The molecule has 0 bridgehead atoms. The summed E-state index contributed by atoms with van der Waals surface area (Å²) in [6.45, 7) is 5.54. The van der Waals surface area contributed by atoms with Crippen LogP contribution in [-0.4, -0.2) is 27.5 Å². The zero-order valence-electron chi connectivity index (χ0n) is 16.2. The fraction of sp³-hybridized carbons (Fsp3) is 0.350. The first-order chi connectivity index (χ1) is 13.2. The van der Waals surface area contributed by atoms with Crippen molar-refractivity contribution in [1.82, 2.24) is 10.0 Å². The highest BCUT2D eigenvalue weighted by atomic mass is 32.2. The summed E-state index contributed by atoms with van der Waals surface area (Å²) >= 11 is 0. The van der Waals surface area contributed by atoms with Gasteiger partial charge in [-0.1, -0.05) is 19.1 Å². The molecule has 2 aromatic carbocycles. The van der Waals surface area contributed by atoms with Gasteiger partial charge in [0.15, 0.2) is 6.61 Å². The van der Waals surface area contributed by atoms with Crippen LogP contribution in [0.1, 0.15) is 37.4 Å². The number of benzene rings is 2. The van der Waals surface area contributed by atoms with Crippen molar-refractivity contribution >= 4 is 15.9 Å². The molecule has 0 heterocycles. The molecular formula is C20H25FN2O4S. The van der Waals surface area contributed by atoms with Crippen molar-refractivity contribution < 1.29 is 22.3 Å². The van der Waals surface area contributed by atoms with E-state index in [1.54, 1.807) is 26.0 Å². The molecule has 0 aliphatic carbocycles. The first-order valence-electron chi connectivity index (χ1n) is 9.01. The summed E-state index contributed by atoms with van der Waals surface area (Å²) in [5, 5.41) is 2.77. The molecule has 1 amide bonds. The molecule has 1 atom stereocenters. The highest BCUT2D eigenvalue weighted by molar-refractivity contribution is 7.89. The van der Waals surface area contributed by atoms with Gasteiger partial charge in [0.2, 0.25) is 10.0 Å². The molecule has 0 saturated heterocycles. The minimum atomic E-state index is -3.55. The summed E-state index contributed by atoms with van der Waals surface area (Å²) in [5.74, 6) is -0.243. The molecule has 152 valence electrons. The lowest BCUT2D eigenvalue weighted by atomic mass is 10.1. The van der Waals surface area contributed by atoms with Crippen LogP contribution in [0.2, 0.25) is 0 Å². The lowest BCUT2D eigenvalue weighted by Crippen LogP contribution is -2.31. The molecule has 28 heavy (non-hydrogen) atoms. The third-order valence-corrected chi connectivity index (χ3v) is 5.56. The third kappa shape index (κ3) is 6.03. The summed E-state index contributed by atoms with van der Waals surface area (Å²) in [5.41, 5.74) is 1.39. The van der Waals surface area contributed by atoms with E-state index in [-0.39, 0.29) is 29.3 Å². The van der Waals surface area contributed by atoms with Gasteiger partial charge in [0, 0.05) is 6.54 Å². The van der Waals surface area contributed by atoms with Gasteiger partial charge in [0.25, 0.3) is 5.91 Å². The molecule has 0 saturated carbocycles. The average molecular weight is 408 g/mol. The maximum atomic E-state index is 13.0. The molecule has 0 spiro atoms. The number of amides is 1. The number of aryl methyl sites for hydroxylation is 1. The van der Waals surface area contributed by atoms with E-state index in [2.05, 4.69) is 10.0 Å². The second-order valence-electron chi connectivity index (χ2n) is 6.45. The van der Waals surface area contributed by atoms with Gasteiger partial charge in [-0.25, -0.2) is 17.5 Å². The Morgan fingerprint density at radius 1 is 1.18 bits per heavy atom. The van der Waals surface area contributed by atoms with Crippen LogP contribution in [0.15, 0.2) is 47.4 Å². The number of carbonyl (C=O) groups excluding carboxylic acids is 1. The Kier molecular flexibility index (Phi) is 7.53. The summed E-state index contributed by atoms with van der Waals surface area (Å²) in [4.78, 5) is 12.3. The van der Waals surface area contributed by atoms with Crippen molar-refractivity contribution in [2.75, 3.05) is 13.2 Å². The quantitative estimate of drug-likeness (QED) is 0.668. The Bertz CT molecular complexity index is 914. The third-order valence-electron chi connectivity index (χ3n) is 4.11. The van der Waals surface area contributed by atoms with Crippen LogP contribution < -0.4 is 14.8 Å². The van der Waals surface area contributed by atoms with Crippen LogP contribution in [0.25, 0.3) is 0 Å². The largest absolute Gasteiger partial charge is 0.484 e. The Labute approximate surface area is 165 Å². The summed E-state index contributed by atoms with van der Waals surface area (Å²) in [7, 11) is -3.55. The first-order valence-corrected chi connectivity index (χ1v) is 10.5. The van der Waals surface area contributed by atoms with Gasteiger partial charge >= 0.3 is 0 Å². The SMILES string of the molecule is CCCNS(=O)(=O)c1ccc(OCC(=O)NC(C)c2ccc(F)cc2)c(C)c1. The molecule has 0 aliphatic rings. The van der Waals surface area contributed by atoms with Crippen molar-refractivity contribution in [2.24, 2.45) is 0 Å². The smallest absolute Gasteiger partial charge is 0.258 e. The van der Waals surface area contributed by atoms with E-state index < -0.39 is 10.0 Å². The Balaban J connectivity index is 1.94. The highest BCUT2D eigenvalue weighted by Gasteiger charge is 2.15. The standard InChI is InChI=1S/C20H25FN2O4S/c1-4-11-22-28(25,26)18-9-10-19(14(2)12-18)27-13-20(24)23-15(3)16-5-7-17(21)8-6-16/h5-10,12,15,22H,4,11,13H2,1-3H3,(H,23,24). The number of hydrogen-bond donors (Lipinski definition) is 2. The van der Waals surface area contributed by atoms with Crippen molar-refractivity contribution in [3.05, 3.63) is 59.4 Å². The lowest BCUT2D eigenvalue weighted by Gasteiger charge is -2.15. The minimum Gasteiger partial charge on any atom is -0.484 e. The monoisotopic (exact) mass is 408 g/mol. The molecule has 0 aliphatic heterocycles. The fourth-order valence-corrected chi connectivity index (χ4v) is 3.75. The molecule has 2 aromatic rings. The van der Waals surface area contributed by atoms with Crippen LogP contribution in [0, 0.1) is 12.7 Å². The Hall–Kier alpha value is -2.45. The van der Waals surface area contributed by atoms with Gasteiger partial charge < -0.3 is 10.1 Å². The van der Waals surface area contributed by atoms with E-state index in [0.29, 0.717) is 24.3 Å². The molecule has 6 nitrogen and oxygen atoms in total. The molecule has 2 N–H and O–H groups in total. The van der Waals surface area contributed by atoms with Gasteiger partial charge in [-0.15, -0.1) is 0 Å². The molecule has 0 fully saturated rings. The van der Waals surface area contributed by atoms with Gasteiger partial charge in [0.05, 0.1) is 10.9 Å².